The molecule has 1 aliphatic heterocycles. The van der Waals surface area contributed by atoms with Crippen LogP contribution in [0.15, 0.2) is 48.7 Å². The lowest BCUT2D eigenvalue weighted by molar-refractivity contribution is 0.0766. The summed E-state index contributed by atoms with van der Waals surface area (Å²) in [6.45, 7) is 1.06. The average Bonchev–Trinajstić information content (AvgIpc) is 3.39. The first-order valence-electron chi connectivity index (χ1n) is 8.90. The number of H-pyrrole nitrogens is 1. The van der Waals surface area contributed by atoms with Crippen LogP contribution in [-0.4, -0.2) is 52.3 Å². The van der Waals surface area contributed by atoms with Crippen LogP contribution >= 0.6 is 0 Å². The third-order valence-electron chi connectivity index (χ3n) is 4.64. The summed E-state index contributed by atoms with van der Waals surface area (Å²) in [5.41, 5.74) is 2.17. The van der Waals surface area contributed by atoms with E-state index in [-0.39, 0.29) is 17.8 Å². The van der Waals surface area contributed by atoms with Gasteiger partial charge in [0.2, 0.25) is 11.8 Å². The van der Waals surface area contributed by atoms with E-state index in [9.17, 15) is 9.18 Å². The number of benzene rings is 1. The van der Waals surface area contributed by atoms with Crippen molar-refractivity contribution in [2.45, 2.75) is 12.5 Å². The summed E-state index contributed by atoms with van der Waals surface area (Å²) in [6.07, 6.45) is 2.32. The van der Waals surface area contributed by atoms with Crippen molar-refractivity contribution >= 4 is 5.91 Å². The Morgan fingerprint density at radius 2 is 1.89 bits per heavy atom. The molecule has 8 heteroatoms. The molecule has 1 N–H and O–H groups in total. The molecule has 0 radical (unpaired) electrons. The minimum atomic E-state index is -0.291. The molecule has 2 aromatic heterocycles. The number of carbonyl (C=O) groups is 1. The van der Waals surface area contributed by atoms with Gasteiger partial charge in [0.15, 0.2) is 0 Å². The topological polar surface area (TPSA) is 80.3 Å². The van der Waals surface area contributed by atoms with Gasteiger partial charge in [-0.2, -0.15) is 0 Å². The molecule has 28 heavy (non-hydrogen) atoms. The normalized spacial score (nSPS) is 16.2. The van der Waals surface area contributed by atoms with Crippen molar-refractivity contribution in [3.05, 3.63) is 60.2 Å². The highest BCUT2D eigenvalue weighted by molar-refractivity contribution is 5.94. The SMILES string of the molecule is COc1ccc(OC2CCN(C(=O)c3cc(-c4ccc(F)cc4)c[nH]3)C2)nn1. The van der Waals surface area contributed by atoms with Crippen molar-refractivity contribution in [2.24, 2.45) is 0 Å². The molecule has 0 bridgehead atoms. The number of rotatable bonds is 5. The molecule has 3 heterocycles. The molecule has 1 aromatic carbocycles. The number of aromatic nitrogens is 3. The summed E-state index contributed by atoms with van der Waals surface area (Å²) in [5, 5.41) is 7.82. The van der Waals surface area contributed by atoms with Crippen molar-refractivity contribution in [3.63, 3.8) is 0 Å². The molecule has 1 atom stereocenters. The minimum absolute atomic E-state index is 0.0970. The zero-order chi connectivity index (χ0) is 19.5. The summed E-state index contributed by atoms with van der Waals surface area (Å²) in [5.74, 6) is 0.429. The second kappa shape index (κ2) is 7.67. The molecule has 7 nitrogen and oxygen atoms in total. The van der Waals surface area contributed by atoms with Crippen LogP contribution in [0, 0.1) is 5.82 Å². The smallest absolute Gasteiger partial charge is 0.270 e. The molecule has 1 fully saturated rings. The number of nitrogens with one attached hydrogen (secondary N) is 1. The average molecular weight is 382 g/mol. The maximum atomic E-state index is 13.1. The number of methoxy groups -OCH3 is 1. The Balaban J connectivity index is 1.38. The van der Waals surface area contributed by atoms with E-state index in [2.05, 4.69) is 15.2 Å². The fraction of sp³-hybridized carbons (Fsp3) is 0.250. The van der Waals surface area contributed by atoms with Crippen LogP contribution in [0.3, 0.4) is 0 Å². The minimum Gasteiger partial charge on any atom is -0.480 e. The summed E-state index contributed by atoms with van der Waals surface area (Å²) in [6, 6.07) is 11.3. The number of ether oxygens (including phenoxy) is 2. The van der Waals surface area contributed by atoms with Crippen LogP contribution in [0.1, 0.15) is 16.9 Å². The number of amides is 1. The van der Waals surface area contributed by atoms with Crippen molar-refractivity contribution in [1.82, 2.24) is 20.1 Å². The summed E-state index contributed by atoms with van der Waals surface area (Å²) < 4.78 is 23.9. The van der Waals surface area contributed by atoms with Crippen LogP contribution in [0.4, 0.5) is 4.39 Å². The number of aromatic amines is 1. The van der Waals surface area contributed by atoms with Gasteiger partial charge in [-0.15, -0.1) is 10.2 Å². The summed E-state index contributed by atoms with van der Waals surface area (Å²) in [4.78, 5) is 17.5. The van der Waals surface area contributed by atoms with Gasteiger partial charge in [0, 0.05) is 31.3 Å². The van der Waals surface area contributed by atoms with Gasteiger partial charge in [-0.3, -0.25) is 4.79 Å². The predicted octanol–water partition coefficient (Wildman–Crippen LogP) is 2.91. The molecular formula is C20H19FN4O3. The van der Waals surface area contributed by atoms with Crippen LogP contribution in [0.5, 0.6) is 11.8 Å². The number of hydrogen-bond acceptors (Lipinski definition) is 5. The van der Waals surface area contributed by atoms with Crippen LogP contribution in [0.2, 0.25) is 0 Å². The second-order valence-electron chi connectivity index (χ2n) is 6.50. The van der Waals surface area contributed by atoms with Crippen LogP contribution in [-0.2, 0) is 0 Å². The van der Waals surface area contributed by atoms with E-state index in [1.807, 2.05) is 0 Å². The van der Waals surface area contributed by atoms with Crippen molar-refractivity contribution in [2.75, 3.05) is 20.2 Å². The van der Waals surface area contributed by atoms with Gasteiger partial charge in [-0.05, 0) is 29.3 Å². The standard InChI is InChI=1S/C20H19FN4O3/c1-27-18-6-7-19(24-23-18)28-16-8-9-25(12-16)20(26)17-10-14(11-22-17)13-2-4-15(21)5-3-13/h2-7,10-11,16,22H,8-9,12H2,1H3. The number of carbonyl (C=O) groups excluding carboxylic acids is 1. The number of halogens is 1. The van der Waals surface area contributed by atoms with Crippen molar-refractivity contribution in [1.29, 1.82) is 0 Å². The van der Waals surface area contributed by atoms with Crippen molar-refractivity contribution < 1.29 is 18.7 Å². The molecule has 3 aromatic rings. The summed E-state index contributed by atoms with van der Waals surface area (Å²) in [7, 11) is 1.52. The maximum absolute atomic E-state index is 13.1. The third kappa shape index (κ3) is 3.80. The quantitative estimate of drug-likeness (QED) is 0.734. The van der Waals surface area contributed by atoms with E-state index in [0.29, 0.717) is 37.0 Å². The van der Waals surface area contributed by atoms with Crippen LogP contribution < -0.4 is 9.47 Å². The maximum Gasteiger partial charge on any atom is 0.270 e. The molecular weight excluding hydrogens is 363 g/mol. The van der Waals surface area contributed by atoms with E-state index in [1.54, 1.807) is 41.4 Å². The highest BCUT2D eigenvalue weighted by Crippen LogP contribution is 2.23. The predicted molar refractivity (Wildman–Crippen MR) is 99.7 cm³/mol. The zero-order valence-electron chi connectivity index (χ0n) is 15.3. The highest BCUT2D eigenvalue weighted by atomic mass is 19.1. The Morgan fingerprint density at radius 3 is 2.61 bits per heavy atom. The fourth-order valence-electron chi connectivity index (χ4n) is 3.16. The van der Waals surface area contributed by atoms with Crippen molar-refractivity contribution in [3.8, 4) is 22.9 Å². The first-order chi connectivity index (χ1) is 13.6. The van der Waals surface area contributed by atoms with E-state index in [1.165, 1.54) is 19.2 Å². The molecule has 0 spiro atoms. The van der Waals surface area contributed by atoms with Gasteiger partial charge in [0.1, 0.15) is 17.6 Å². The Hall–Kier alpha value is -3.42. The molecule has 1 aliphatic rings. The Bertz CT molecular complexity index is 956. The Labute approximate surface area is 161 Å². The molecule has 1 saturated heterocycles. The van der Waals surface area contributed by atoms with Crippen LogP contribution in [0.25, 0.3) is 11.1 Å². The molecule has 144 valence electrons. The molecule has 4 rings (SSSR count). The lowest BCUT2D eigenvalue weighted by Crippen LogP contribution is -2.31. The van der Waals surface area contributed by atoms with Gasteiger partial charge < -0.3 is 19.4 Å². The number of nitrogens with zero attached hydrogens (tertiary/aromatic N) is 3. The molecule has 0 aliphatic carbocycles. The zero-order valence-corrected chi connectivity index (χ0v) is 15.3. The Kier molecular flexibility index (Phi) is 4.92. The lowest BCUT2D eigenvalue weighted by Gasteiger charge is -2.16. The fourth-order valence-corrected chi connectivity index (χ4v) is 3.16. The summed E-state index contributed by atoms with van der Waals surface area (Å²) >= 11 is 0. The van der Waals surface area contributed by atoms with Gasteiger partial charge in [0.25, 0.3) is 5.91 Å². The largest absolute Gasteiger partial charge is 0.480 e. The van der Waals surface area contributed by atoms with E-state index in [4.69, 9.17) is 9.47 Å². The first kappa shape index (κ1) is 18.0. The van der Waals surface area contributed by atoms with Gasteiger partial charge >= 0.3 is 0 Å². The van der Waals surface area contributed by atoms with Gasteiger partial charge in [-0.25, -0.2) is 4.39 Å². The van der Waals surface area contributed by atoms with E-state index >= 15 is 0 Å². The first-order valence-corrected chi connectivity index (χ1v) is 8.90. The molecule has 1 amide bonds. The van der Waals surface area contributed by atoms with E-state index in [0.717, 1.165) is 11.1 Å². The lowest BCUT2D eigenvalue weighted by atomic mass is 10.1. The monoisotopic (exact) mass is 382 g/mol. The second-order valence-corrected chi connectivity index (χ2v) is 6.50. The third-order valence-corrected chi connectivity index (χ3v) is 4.64. The van der Waals surface area contributed by atoms with Gasteiger partial charge in [0.05, 0.1) is 13.7 Å². The number of likely N-dealkylation sites (tertiary alicyclic amines) is 1. The number of hydrogen-bond donors (Lipinski definition) is 1. The highest BCUT2D eigenvalue weighted by Gasteiger charge is 2.29. The molecule has 1 unspecified atom stereocenters. The Morgan fingerprint density at radius 1 is 1.14 bits per heavy atom. The van der Waals surface area contributed by atoms with Gasteiger partial charge in [-0.1, -0.05) is 12.1 Å². The molecule has 0 saturated carbocycles. The van der Waals surface area contributed by atoms with E-state index < -0.39 is 0 Å².